The number of aromatic nitrogens is 3. The van der Waals surface area contributed by atoms with Crippen molar-refractivity contribution in [2.45, 2.75) is 24.8 Å². The first-order chi connectivity index (χ1) is 11.6. The van der Waals surface area contributed by atoms with Gasteiger partial charge < -0.3 is 10.6 Å². The van der Waals surface area contributed by atoms with Gasteiger partial charge in [-0.05, 0) is 43.7 Å². The van der Waals surface area contributed by atoms with Crippen LogP contribution in [0.15, 0.2) is 47.6 Å². The Morgan fingerprint density at radius 3 is 2.33 bits per heavy atom. The molecule has 0 saturated carbocycles. The number of hydrogen-bond donors (Lipinski definition) is 1. The van der Waals surface area contributed by atoms with Crippen molar-refractivity contribution >= 4 is 11.8 Å². The van der Waals surface area contributed by atoms with Gasteiger partial charge in [-0.3, -0.25) is 0 Å². The van der Waals surface area contributed by atoms with Crippen LogP contribution in [-0.2, 0) is 5.75 Å². The average molecular weight is 340 g/mol. The number of rotatable bonds is 5. The van der Waals surface area contributed by atoms with Crippen LogP contribution in [0.5, 0.6) is 5.75 Å². The highest BCUT2D eigenvalue weighted by Gasteiger charge is 2.12. The maximum Gasteiger partial charge on any atom is 0.210 e. The molecular formula is C18H20N4OS. The van der Waals surface area contributed by atoms with Gasteiger partial charge in [0.2, 0.25) is 5.16 Å². The third kappa shape index (κ3) is 3.54. The van der Waals surface area contributed by atoms with Crippen molar-refractivity contribution in [2.75, 3.05) is 13.0 Å². The molecule has 3 aromatic rings. The summed E-state index contributed by atoms with van der Waals surface area (Å²) < 4.78 is 6.71. The zero-order valence-corrected chi connectivity index (χ0v) is 14.8. The lowest BCUT2D eigenvalue weighted by atomic mass is 10.1. The molecule has 0 aliphatic rings. The second-order valence-electron chi connectivity index (χ2n) is 5.69. The van der Waals surface area contributed by atoms with Gasteiger partial charge in [0.05, 0.1) is 7.11 Å². The van der Waals surface area contributed by atoms with Crippen LogP contribution in [0, 0.1) is 13.8 Å². The number of thioether (sulfide) groups is 1. The lowest BCUT2D eigenvalue weighted by Gasteiger charge is -2.06. The summed E-state index contributed by atoms with van der Waals surface area (Å²) in [6.07, 6.45) is 0. The van der Waals surface area contributed by atoms with Crippen LogP contribution in [-0.4, -0.2) is 22.0 Å². The van der Waals surface area contributed by atoms with E-state index in [2.05, 4.69) is 42.2 Å². The highest BCUT2D eigenvalue weighted by Crippen LogP contribution is 2.26. The van der Waals surface area contributed by atoms with Crippen molar-refractivity contribution in [3.8, 4) is 17.1 Å². The zero-order valence-electron chi connectivity index (χ0n) is 14.0. The van der Waals surface area contributed by atoms with Gasteiger partial charge in [0.25, 0.3) is 0 Å². The van der Waals surface area contributed by atoms with Crippen LogP contribution in [0.25, 0.3) is 11.4 Å². The molecule has 24 heavy (non-hydrogen) atoms. The van der Waals surface area contributed by atoms with E-state index in [1.54, 1.807) is 18.9 Å². The van der Waals surface area contributed by atoms with Gasteiger partial charge in [0, 0.05) is 11.3 Å². The molecule has 2 aromatic carbocycles. The normalized spacial score (nSPS) is 10.8. The minimum Gasteiger partial charge on any atom is -0.497 e. The largest absolute Gasteiger partial charge is 0.497 e. The summed E-state index contributed by atoms with van der Waals surface area (Å²) in [4.78, 5) is 0. The van der Waals surface area contributed by atoms with E-state index >= 15 is 0 Å². The third-order valence-corrected chi connectivity index (χ3v) is 4.68. The molecule has 124 valence electrons. The standard InChI is InChI=1S/C18H20N4OS/c1-12-8-13(2)10-14(9-12)11-24-18-21-20-17(22(18)19)15-4-6-16(23-3)7-5-15/h4-10H,11,19H2,1-3H3. The minimum absolute atomic E-state index is 0.639. The Morgan fingerprint density at radius 1 is 1.04 bits per heavy atom. The fourth-order valence-corrected chi connectivity index (χ4v) is 3.40. The van der Waals surface area contributed by atoms with E-state index in [0.717, 1.165) is 17.1 Å². The summed E-state index contributed by atoms with van der Waals surface area (Å²) in [5.74, 6) is 8.41. The topological polar surface area (TPSA) is 66.0 Å². The van der Waals surface area contributed by atoms with Crippen molar-refractivity contribution in [1.29, 1.82) is 0 Å². The molecule has 0 fully saturated rings. The Morgan fingerprint density at radius 2 is 1.71 bits per heavy atom. The third-order valence-electron chi connectivity index (χ3n) is 3.66. The van der Waals surface area contributed by atoms with E-state index in [4.69, 9.17) is 10.6 Å². The first-order valence-electron chi connectivity index (χ1n) is 7.61. The first-order valence-corrected chi connectivity index (χ1v) is 8.60. The van der Waals surface area contributed by atoms with Crippen LogP contribution in [0.1, 0.15) is 16.7 Å². The van der Waals surface area contributed by atoms with Crippen molar-refractivity contribution in [3.05, 3.63) is 59.2 Å². The van der Waals surface area contributed by atoms with Crippen molar-refractivity contribution < 1.29 is 4.74 Å². The smallest absolute Gasteiger partial charge is 0.210 e. The van der Waals surface area contributed by atoms with Crippen LogP contribution in [0.3, 0.4) is 0 Å². The molecular weight excluding hydrogens is 320 g/mol. The summed E-state index contributed by atoms with van der Waals surface area (Å²) in [5.41, 5.74) is 4.69. The summed E-state index contributed by atoms with van der Waals surface area (Å²) in [6, 6.07) is 14.1. The number of nitrogens with two attached hydrogens (primary N) is 1. The van der Waals surface area contributed by atoms with Crippen LogP contribution < -0.4 is 10.6 Å². The minimum atomic E-state index is 0.639. The molecule has 0 atom stereocenters. The number of benzene rings is 2. The van der Waals surface area contributed by atoms with Crippen molar-refractivity contribution in [1.82, 2.24) is 14.9 Å². The second kappa shape index (κ2) is 6.97. The van der Waals surface area contributed by atoms with Crippen LogP contribution in [0.2, 0.25) is 0 Å². The summed E-state index contributed by atoms with van der Waals surface area (Å²) >= 11 is 1.58. The second-order valence-corrected chi connectivity index (χ2v) is 6.63. The predicted octanol–water partition coefficient (Wildman–Crippen LogP) is 3.58. The lowest BCUT2D eigenvalue weighted by molar-refractivity contribution is 0.415. The van der Waals surface area contributed by atoms with Gasteiger partial charge in [0.1, 0.15) is 5.75 Å². The molecule has 0 saturated heterocycles. The SMILES string of the molecule is COc1ccc(-c2nnc(SCc3cc(C)cc(C)c3)n2N)cc1. The zero-order chi connectivity index (χ0) is 17.1. The van der Waals surface area contributed by atoms with Crippen molar-refractivity contribution in [2.24, 2.45) is 0 Å². The van der Waals surface area contributed by atoms with E-state index in [9.17, 15) is 0 Å². The number of nitrogens with zero attached hydrogens (tertiary/aromatic N) is 3. The van der Waals surface area contributed by atoms with E-state index in [0.29, 0.717) is 11.0 Å². The fourth-order valence-electron chi connectivity index (χ4n) is 2.61. The maximum absolute atomic E-state index is 6.17. The Kier molecular flexibility index (Phi) is 4.76. The number of nitrogen functional groups attached to an aromatic ring is 1. The van der Waals surface area contributed by atoms with Crippen LogP contribution in [0.4, 0.5) is 0 Å². The molecule has 2 N–H and O–H groups in total. The molecule has 0 spiro atoms. The average Bonchev–Trinajstić information content (AvgIpc) is 2.93. The van der Waals surface area contributed by atoms with E-state index in [1.165, 1.54) is 21.4 Å². The Hall–Kier alpha value is -2.47. The lowest BCUT2D eigenvalue weighted by Crippen LogP contribution is -2.11. The highest BCUT2D eigenvalue weighted by atomic mass is 32.2. The van der Waals surface area contributed by atoms with Gasteiger partial charge in [-0.15, -0.1) is 10.2 Å². The molecule has 6 heteroatoms. The first kappa shape index (κ1) is 16.4. The Bertz CT molecular complexity index is 822. The molecule has 0 unspecified atom stereocenters. The highest BCUT2D eigenvalue weighted by molar-refractivity contribution is 7.98. The quantitative estimate of drug-likeness (QED) is 0.568. The fraction of sp³-hybridized carbons (Fsp3) is 0.222. The van der Waals surface area contributed by atoms with Gasteiger partial charge in [-0.1, -0.05) is 41.1 Å². The van der Waals surface area contributed by atoms with E-state index in [1.807, 2.05) is 24.3 Å². The van der Waals surface area contributed by atoms with Gasteiger partial charge in [-0.25, -0.2) is 4.68 Å². The molecule has 0 radical (unpaired) electrons. The molecule has 0 aliphatic carbocycles. The molecule has 1 aromatic heterocycles. The molecule has 3 rings (SSSR count). The van der Waals surface area contributed by atoms with Gasteiger partial charge in [0.15, 0.2) is 5.82 Å². The number of aryl methyl sites for hydroxylation is 2. The Labute approximate surface area is 145 Å². The molecule has 0 bridgehead atoms. The molecule has 1 heterocycles. The molecule has 0 amide bonds. The van der Waals surface area contributed by atoms with Gasteiger partial charge >= 0.3 is 0 Å². The van der Waals surface area contributed by atoms with Crippen molar-refractivity contribution in [3.63, 3.8) is 0 Å². The number of ether oxygens (including phenoxy) is 1. The van der Waals surface area contributed by atoms with Gasteiger partial charge in [-0.2, -0.15) is 0 Å². The van der Waals surface area contributed by atoms with E-state index in [-0.39, 0.29) is 0 Å². The predicted molar refractivity (Wildman–Crippen MR) is 97.6 cm³/mol. The number of methoxy groups -OCH3 is 1. The molecule has 0 aliphatic heterocycles. The summed E-state index contributed by atoms with van der Waals surface area (Å²) in [6.45, 7) is 4.21. The Balaban J connectivity index is 1.76. The van der Waals surface area contributed by atoms with E-state index < -0.39 is 0 Å². The maximum atomic E-state index is 6.17. The summed E-state index contributed by atoms with van der Waals surface area (Å²) in [5, 5.41) is 9.12. The summed E-state index contributed by atoms with van der Waals surface area (Å²) in [7, 11) is 1.64. The van der Waals surface area contributed by atoms with Crippen LogP contribution >= 0.6 is 11.8 Å². The monoisotopic (exact) mass is 340 g/mol. The molecule has 5 nitrogen and oxygen atoms in total. The number of hydrogen-bond acceptors (Lipinski definition) is 5.